The first kappa shape index (κ1) is 19.5. The number of sulfonamides is 1. The van der Waals surface area contributed by atoms with Crippen molar-refractivity contribution in [2.75, 3.05) is 23.1 Å². The molecule has 10 heteroatoms. The molecule has 1 aromatic heterocycles. The zero-order valence-electron chi connectivity index (χ0n) is 15.0. The third kappa shape index (κ3) is 5.12. The third-order valence-corrected chi connectivity index (χ3v) is 5.62. The summed E-state index contributed by atoms with van der Waals surface area (Å²) >= 11 is 5.47. The van der Waals surface area contributed by atoms with Gasteiger partial charge >= 0.3 is 0 Å². The Morgan fingerprint density at radius 1 is 1.15 bits per heavy atom. The second-order valence-corrected chi connectivity index (χ2v) is 8.36. The number of hydrogen-bond acceptors (Lipinski definition) is 6. The number of morpholine rings is 1. The normalized spacial score (nSPS) is 20.1. The molecule has 2 aromatic rings. The molecule has 8 nitrogen and oxygen atoms in total. The molecule has 27 heavy (non-hydrogen) atoms. The van der Waals surface area contributed by atoms with Crippen molar-refractivity contribution >= 4 is 39.0 Å². The van der Waals surface area contributed by atoms with Gasteiger partial charge in [-0.05, 0) is 56.4 Å². The Hall–Kier alpha value is -2.30. The monoisotopic (exact) mass is 407 g/mol. The van der Waals surface area contributed by atoms with Gasteiger partial charge in [0.2, 0.25) is 5.95 Å². The summed E-state index contributed by atoms with van der Waals surface area (Å²) in [6, 6.07) is 7.94. The number of hydrogen-bond donors (Lipinski definition) is 2. The van der Waals surface area contributed by atoms with Gasteiger partial charge in [0.25, 0.3) is 10.0 Å². The molecule has 0 bridgehead atoms. The topological polar surface area (TPSA) is 96.5 Å². The Balaban J connectivity index is 1.65. The maximum absolute atomic E-state index is 12.4. The summed E-state index contributed by atoms with van der Waals surface area (Å²) in [6.45, 7) is 5.44. The summed E-state index contributed by atoms with van der Waals surface area (Å²) in [4.78, 5) is 9.89. The standard InChI is InChI=1S/C17H21N5O3S2/c1-12-10-22(11-13(2)25-12)17(26)20-14-4-6-15(7-5-14)27(23,24)21-16-18-8-3-9-19-16/h3-9,12-13H,10-11H2,1-2H3,(H,20,26)(H,18,19,21)/t12-,13+. The smallest absolute Gasteiger partial charge is 0.264 e. The molecule has 0 saturated carbocycles. The summed E-state index contributed by atoms with van der Waals surface area (Å²) in [5.41, 5.74) is 0.710. The van der Waals surface area contributed by atoms with E-state index in [0.717, 1.165) is 0 Å². The lowest BCUT2D eigenvalue weighted by atomic mass is 10.2. The fourth-order valence-corrected chi connectivity index (χ4v) is 4.02. The molecular weight excluding hydrogens is 386 g/mol. The van der Waals surface area contributed by atoms with Crippen LogP contribution in [0.2, 0.25) is 0 Å². The second-order valence-electron chi connectivity index (χ2n) is 6.29. The Morgan fingerprint density at radius 3 is 2.33 bits per heavy atom. The highest BCUT2D eigenvalue weighted by Gasteiger charge is 2.24. The van der Waals surface area contributed by atoms with Crippen LogP contribution in [0.25, 0.3) is 0 Å². The molecule has 1 aromatic carbocycles. The van der Waals surface area contributed by atoms with Crippen molar-refractivity contribution in [2.45, 2.75) is 31.0 Å². The Morgan fingerprint density at radius 2 is 1.74 bits per heavy atom. The summed E-state index contributed by atoms with van der Waals surface area (Å²) in [5.74, 6) is 0.0245. The van der Waals surface area contributed by atoms with Crippen LogP contribution in [0, 0.1) is 0 Å². The van der Waals surface area contributed by atoms with Gasteiger partial charge in [0.15, 0.2) is 5.11 Å². The van der Waals surface area contributed by atoms with Crippen molar-refractivity contribution in [3.05, 3.63) is 42.7 Å². The highest BCUT2D eigenvalue weighted by Crippen LogP contribution is 2.18. The molecule has 1 fully saturated rings. The first-order valence-electron chi connectivity index (χ1n) is 8.45. The molecule has 2 heterocycles. The highest BCUT2D eigenvalue weighted by atomic mass is 32.2. The zero-order chi connectivity index (χ0) is 19.4. The molecule has 0 spiro atoms. The molecule has 0 aliphatic carbocycles. The van der Waals surface area contributed by atoms with Crippen LogP contribution in [0.4, 0.5) is 11.6 Å². The molecule has 0 amide bonds. The van der Waals surface area contributed by atoms with Crippen molar-refractivity contribution in [2.24, 2.45) is 0 Å². The summed E-state index contributed by atoms with van der Waals surface area (Å²) in [7, 11) is -3.76. The fourth-order valence-electron chi connectivity index (χ4n) is 2.79. The van der Waals surface area contributed by atoms with Crippen LogP contribution in [-0.4, -0.2) is 53.7 Å². The van der Waals surface area contributed by atoms with Crippen LogP contribution in [0.1, 0.15) is 13.8 Å². The van der Waals surface area contributed by atoms with Gasteiger partial charge in [-0.2, -0.15) is 0 Å². The number of rotatable bonds is 4. The molecule has 144 valence electrons. The number of anilines is 2. The first-order chi connectivity index (χ1) is 12.8. The van der Waals surface area contributed by atoms with E-state index in [4.69, 9.17) is 17.0 Å². The maximum Gasteiger partial charge on any atom is 0.264 e. The summed E-state index contributed by atoms with van der Waals surface area (Å²) in [6.07, 6.45) is 3.14. The number of aromatic nitrogens is 2. The van der Waals surface area contributed by atoms with E-state index in [1.807, 2.05) is 18.7 Å². The maximum atomic E-state index is 12.4. The van der Waals surface area contributed by atoms with Crippen molar-refractivity contribution in [1.82, 2.24) is 14.9 Å². The number of nitrogens with one attached hydrogen (secondary N) is 2. The van der Waals surface area contributed by atoms with Crippen molar-refractivity contribution in [1.29, 1.82) is 0 Å². The molecule has 0 radical (unpaired) electrons. The van der Waals surface area contributed by atoms with E-state index in [9.17, 15) is 8.42 Å². The van der Waals surface area contributed by atoms with Gasteiger partial charge in [-0.15, -0.1) is 0 Å². The van der Waals surface area contributed by atoms with Crippen LogP contribution < -0.4 is 10.0 Å². The van der Waals surface area contributed by atoms with E-state index in [2.05, 4.69) is 20.0 Å². The molecule has 1 aliphatic rings. The summed E-state index contributed by atoms with van der Waals surface area (Å²) in [5, 5.41) is 3.73. The largest absolute Gasteiger partial charge is 0.372 e. The van der Waals surface area contributed by atoms with E-state index in [0.29, 0.717) is 23.9 Å². The molecule has 1 aliphatic heterocycles. The quantitative estimate of drug-likeness (QED) is 0.744. The summed E-state index contributed by atoms with van der Waals surface area (Å²) < 4.78 is 32.8. The minimum absolute atomic E-state index is 0.0245. The van der Waals surface area contributed by atoms with Gasteiger partial charge in [-0.1, -0.05) is 0 Å². The van der Waals surface area contributed by atoms with Crippen molar-refractivity contribution < 1.29 is 13.2 Å². The van der Waals surface area contributed by atoms with Crippen molar-refractivity contribution in [3.8, 4) is 0 Å². The van der Waals surface area contributed by atoms with E-state index in [1.165, 1.54) is 24.5 Å². The van der Waals surface area contributed by atoms with Gasteiger partial charge in [0.05, 0.1) is 17.1 Å². The molecule has 3 rings (SSSR count). The lowest BCUT2D eigenvalue weighted by Crippen LogP contribution is -2.49. The van der Waals surface area contributed by atoms with E-state index < -0.39 is 10.0 Å². The first-order valence-corrected chi connectivity index (χ1v) is 10.3. The second kappa shape index (κ2) is 8.15. The van der Waals surface area contributed by atoms with Gasteiger partial charge in [0.1, 0.15) is 0 Å². The van der Waals surface area contributed by atoms with Crippen LogP contribution in [0.3, 0.4) is 0 Å². The fraction of sp³-hybridized carbons (Fsp3) is 0.353. The Kier molecular flexibility index (Phi) is 5.88. The average Bonchev–Trinajstić information content (AvgIpc) is 2.62. The van der Waals surface area contributed by atoms with Crippen LogP contribution >= 0.6 is 12.2 Å². The predicted octanol–water partition coefficient (Wildman–Crippen LogP) is 2.08. The number of nitrogens with zero attached hydrogens (tertiary/aromatic N) is 3. The van der Waals surface area contributed by atoms with E-state index >= 15 is 0 Å². The Labute approximate surface area is 164 Å². The number of benzene rings is 1. The van der Waals surface area contributed by atoms with Gasteiger partial charge < -0.3 is 15.0 Å². The molecular formula is C17H21N5O3S2. The predicted molar refractivity (Wildman–Crippen MR) is 107 cm³/mol. The van der Waals surface area contributed by atoms with Gasteiger partial charge in [0, 0.05) is 31.2 Å². The van der Waals surface area contributed by atoms with Crippen LogP contribution in [-0.2, 0) is 14.8 Å². The SMILES string of the molecule is C[C@@H]1CN(C(=S)Nc2ccc(S(=O)(=O)Nc3ncccn3)cc2)C[C@H](C)O1. The number of ether oxygens (including phenoxy) is 1. The van der Waals surface area contributed by atoms with E-state index in [-0.39, 0.29) is 23.1 Å². The van der Waals surface area contributed by atoms with Crippen LogP contribution in [0.15, 0.2) is 47.6 Å². The van der Waals surface area contributed by atoms with Crippen LogP contribution in [0.5, 0.6) is 0 Å². The minimum Gasteiger partial charge on any atom is -0.372 e. The lowest BCUT2D eigenvalue weighted by molar-refractivity contribution is -0.0473. The van der Waals surface area contributed by atoms with Gasteiger partial charge in [-0.25, -0.2) is 23.1 Å². The number of thiocarbonyl (C=S) groups is 1. The lowest BCUT2D eigenvalue weighted by Gasteiger charge is -2.36. The average molecular weight is 408 g/mol. The molecule has 2 atom stereocenters. The molecule has 0 unspecified atom stereocenters. The molecule has 1 saturated heterocycles. The Bertz CT molecular complexity index is 881. The van der Waals surface area contributed by atoms with Gasteiger partial charge in [-0.3, -0.25) is 0 Å². The minimum atomic E-state index is -3.76. The molecule has 2 N–H and O–H groups in total. The third-order valence-electron chi connectivity index (χ3n) is 3.91. The zero-order valence-corrected chi connectivity index (χ0v) is 16.6. The van der Waals surface area contributed by atoms with Crippen molar-refractivity contribution in [3.63, 3.8) is 0 Å². The highest BCUT2D eigenvalue weighted by molar-refractivity contribution is 7.92. The van der Waals surface area contributed by atoms with E-state index in [1.54, 1.807) is 18.2 Å².